The number of hydrogen-bond acceptors (Lipinski definition) is 5. The minimum Gasteiger partial charge on any atom is -0.469 e. The Morgan fingerprint density at radius 2 is 2.23 bits per heavy atom. The van der Waals surface area contributed by atoms with Crippen molar-refractivity contribution >= 4 is 11.3 Å². The van der Waals surface area contributed by atoms with Crippen LogP contribution in [0.15, 0.2) is 0 Å². The molecule has 0 bridgehead atoms. The van der Waals surface area contributed by atoms with Crippen molar-refractivity contribution < 1.29 is 4.74 Å². The summed E-state index contributed by atoms with van der Waals surface area (Å²) in [7, 11) is 0. The molecule has 5 heteroatoms. The minimum atomic E-state index is 0.650. The Kier molecular flexibility index (Phi) is 4.70. The summed E-state index contributed by atoms with van der Waals surface area (Å²) in [6, 6.07) is 0. The molecule has 1 rings (SSSR count). The zero-order chi connectivity index (χ0) is 9.52. The molecule has 0 aliphatic carbocycles. The average molecular weight is 201 g/mol. The molecule has 0 spiro atoms. The third-order valence-electron chi connectivity index (χ3n) is 1.42. The average Bonchev–Trinajstić information content (AvgIpc) is 2.54. The topological polar surface area (TPSA) is 47.0 Å². The molecule has 0 aliphatic heterocycles. The van der Waals surface area contributed by atoms with Gasteiger partial charge >= 0.3 is 0 Å². The second kappa shape index (κ2) is 5.88. The van der Waals surface area contributed by atoms with E-state index in [0.717, 1.165) is 24.5 Å². The molecule has 1 aromatic heterocycles. The summed E-state index contributed by atoms with van der Waals surface area (Å²) in [5, 5.41) is 12.8. The highest BCUT2D eigenvalue weighted by molar-refractivity contribution is 7.13. The molecule has 0 unspecified atom stereocenters. The van der Waals surface area contributed by atoms with Gasteiger partial charge in [0.15, 0.2) is 0 Å². The van der Waals surface area contributed by atoms with E-state index >= 15 is 0 Å². The van der Waals surface area contributed by atoms with Gasteiger partial charge in [-0.05, 0) is 19.9 Å². The molecule has 0 fully saturated rings. The highest BCUT2D eigenvalue weighted by Gasteiger charge is 2.02. The molecule has 0 saturated carbocycles. The molecule has 0 amide bonds. The molecule has 1 N–H and O–H groups in total. The first-order valence-electron chi connectivity index (χ1n) is 4.52. The zero-order valence-electron chi connectivity index (χ0n) is 8.04. The van der Waals surface area contributed by atoms with E-state index in [2.05, 4.69) is 22.4 Å². The third kappa shape index (κ3) is 3.69. The molecule has 4 nitrogen and oxygen atoms in total. The normalized spacial score (nSPS) is 10.3. The van der Waals surface area contributed by atoms with Crippen LogP contribution in [0.4, 0.5) is 0 Å². The fourth-order valence-electron chi connectivity index (χ4n) is 0.864. The van der Waals surface area contributed by atoms with Crippen LogP contribution in [0.3, 0.4) is 0 Å². The van der Waals surface area contributed by atoms with Crippen LogP contribution in [0.2, 0.25) is 0 Å². The van der Waals surface area contributed by atoms with Crippen molar-refractivity contribution in [3.63, 3.8) is 0 Å². The number of hydrogen-bond donors (Lipinski definition) is 1. The van der Waals surface area contributed by atoms with Gasteiger partial charge in [-0.1, -0.05) is 18.3 Å². The quantitative estimate of drug-likeness (QED) is 0.707. The maximum atomic E-state index is 5.21. The van der Waals surface area contributed by atoms with Gasteiger partial charge in [-0.2, -0.15) is 0 Å². The molecule has 0 aromatic carbocycles. The largest absolute Gasteiger partial charge is 0.469 e. The van der Waals surface area contributed by atoms with Crippen LogP contribution >= 0.6 is 11.3 Å². The second-order valence-corrected chi connectivity index (χ2v) is 3.60. The van der Waals surface area contributed by atoms with Crippen molar-refractivity contribution in [3.8, 4) is 5.19 Å². The van der Waals surface area contributed by atoms with E-state index in [1.807, 2.05) is 6.92 Å². The predicted octanol–water partition coefficient (Wildman–Crippen LogP) is 1.44. The highest BCUT2D eigenvalue weighted by atomic mass is 32.1. The first kappa shape index (κ1) is 10.4. The molecule has 1 heterocycles. The SMILES string of the molecule is CCCNCc1nnc(OCC)s1. The Morgan fingerprint density at radius 1 is 1.38 bits per heavy atom. The van der Waals surface area contributed by atoms with Gasteiger partial charge in [0.05, 0.1) is 6.61 Å². The number of ether oxygens (including phenoxy) is 1. The maximum Gasteiger partial charge on any atom is 0.294 e. The van der Waals surface area contributed by atoms with Crippen LogP contribution < -0.4 is 10.1 Å². The summed E-state index contributed by atoms with van der Waals surface area (Å²) >= 11 is 1.50. The van der Waals surface area contributed by atoms with E-state index in [9.17, 15) is 0 Å². The van der Waals surface area contributed by atoms with Crippen molar-refractivity contribution in [1.29, 1.82) is 0 Å². The van der Waals surface area contributed by atoms with Crippen LogP contribution in [0.1, 0.15) is 25.3 Å². The standard InChI is InChI=1S/C8H15N3OS/c1-3-5-9-6-7-10-11-8(13-7)12-4-2/h9H,3-6H2,1-2H3. The summed E-state index contributed by atoms with van der Waals surface area (Å²) < 4.78 is 5.21. The number of aromatic nitrogens is 2. The Morgan fingerprint density at radius 3 is 2.92 bits per heavy atom. The van der Waals surface area contributed by atoms with Crippen LogP contribution in [-0.4, -0.2) is 23.3 Å². The van der Waals surface area contributed by atoms with Crippen LogP contribution in [0.5, 0.6) is 5.19 Å². The summed E-state index contributed by atoms with van der Waals surface area (Å²) in [5.41, 5.74) is 0. The summed E-state index contributed by atoms with van der Waals surface area (Å²) in [5.74, 6) is 0. The Labute approximate surface area is 82.3 Å². The molecular formula is C8H15N3OS. The molecule has 0 radical (unpaired) electrons. The molecule has 0 saturated heterocycles. The molecular weight excluding hydrogens is 186 g/mol. The van der Waals surface area contributed by atoms with E-state index in [1.165, 1.54) is 11.3 Å². The van der Waals surface area contributed by atoms with Crippen LogP contribution in [0, 0.1) is 0 Å². The smallest absolute Gasteiger partial charge is 0.294 e. The molecule has 0 atom stereocenters. The van der Waals surface area contributed by atoms with E-state index in [0.29, 0.717) is 11.8 Å². The molecule has 74 valence electrons. The fraction of sp³-hybridized carbons (Fsp3) is 0.750. The van der Waals surface area contributed by atoms with Gasteiger partial charge in [-0.3, -0.25) is 0 Å². The van der Waals surface area contributed by atoms with Gasteiger partial charge in [0, 0.05) is 6.54 Å². The van der Waals surface area contributed by atoms with Crippen molar-refractivity contribution in [3.05, 3.63) is 5.01 Å². The van der Waals surface area contributed by atoms with Gasteiger partial charge in [0.25, 0.3) is 5.19 Å². The lowest BCUT2D eigenvalue weighted by molar-refractivity contribution is 0.335. The van der Waals surface area contributed by atoms with Gasteiger partial charge in [0.1, 0.15) is 5.01 Å². The summed E-state index contributed by atoms with van der Waals surface area (Å²) in [6.07, 6.45) is 1.14. The predicted molar refractivity (Wildman–Crippen MR) is 53.1 cm³/mol. The lowest BCUT2D eigenvalue weighted by Crippen LogP contribution is -2.13. The zero-order valence-corrected chi connectivity index (χ0v) is 8.86. The number of rotatable bonds is 6. The first-order valence-corrected chi connectivity index (χ1v) is 5.34. The van der Waals surface area contributed by atoms with Gasteiger partial charge in [-0.15, -0.1) is 10.2 Å². The second-order valence-electron chi connectivity index (χ2n) is 2.57. The summed E-state index contributed by atoms with van der Waals surface area (Å²) in [6.45, 7) is 6.54. The fourth-order valence-corrected chi connectivity index (χ4v) is 1.58. The minimum absolute atomic E-state index is 0.650. The Hall–Kier alpha value is -0.680. The van der Waals surface area contributed by atoms with E-state index in [1.54, 1.807) is 0 Å². The lowest BCUT2D eigenvalue weighted by atomic mass is 10.5. The van der Waals surface area contributed by atoms with Crippen molar-refractivity contribution in [2.45, 2.75) is 26.8 Å². The van der Waals surface area contributed by atoms with Gasteiger partial charge < -0.3 is 10.1 Å². The number of nitrogens with one attached hydrogen (secondary N) is 1. The van der Waals surface area contributed by atoms with Crippen LogP contribution in [0.25, 0.3) is 0 Å². The molecule has 1 aromatic rings. The van der Waals surface area contributed by atoms with Crippen molar-refractivity contribution in [2.75, 3.05) is 13.2 Å². The monoisotopic (exact) mass is 201 g/mol. The molecule has 13 heavy (non-hydrogen) atoms. The van der Waals surface area contributed by atoms with E-state index < -0.39 is 0 Å². The number of nitrogens with zero attached hydrogens (tertiary/aromatic N) is 2. The van der Waals surface area contributed by atoms with Crippen LogP contribution in [-0.2, 0) is 6.54 Å². The van der Waals surface area contributed by atoms with E-state index in [4.69, 9.17) is 4.74 Å². The van der Waals surface area contributed by atoms with Gasteiger partial charge in [-0.25, -0.2) is 0 Å². The Balaban J connectivity index is 2.31. The maximum absolute atomic E-state index is 5.21. The molecule has 0 aliphatic rings. The van der Waals surface area contributed by atoms with Gasteiger partial charge in [0.2, 0.25) is 0 Å². The third-order valence-corrected chi connectivity index (χ3v) is 2.25. The highest BCUT2D eigenvalue weighted by Crippen LogP contribution is 2.16. The first-order chi connectivity index (χ1) is 6.36. The van der Waals surface area contributed by atoms with Crippen molar-refractivity contribution in [1.82, 2.24) is 15.5 Å². The van der Waals surface area contributed by atoms with Crippen molar-refractivity contribution in [2.24, 2.45) is 0 Å². The Bertz CT molecular complexity index is 239. The van der Waals surface area contributed by atoms with E-state index in [-0.39, 0.29) is 0 Å². The summed E-state index contributed by atoms with van der Waals surface area (Å²) in [4.78, 5) is 0. The lowest BCUT2D eigenvalue weighted by Gasteiger charge is -1.96.